The largest absolute Gasteiger partial charge is 0.493 e. The summed E-state index contributed by atoms with van der Waals surface area (Å²) in [5.41, 5.74) is -3.02. The topological polar surface area (TPSA) is 60.0 Å². The van der Waals surface area contributed by atoms with Crippen LogP contribution in [0.2, 0.25) is 0 Å². The van der Waals surface area contributed by atoms with E-state index in [2.05, 4.69) is 4.98 Å². The summed E-state index contributed by atoms with van der Waals surface area (Å²) in [4.78, 5) is 17.1. The van der Waals surface area contributed by atoms with Crippen molar-refractivity contribution in [1.29, 1.82) is 0 Å². The van der Waals surface area contributed by atoms with Gasteiger partial charge in [0, 0.05) is 22.2 Å². The summed E-state index contributed by atoms with van der Waals surface area (Å²) in [7, 11) is 0. The molecule has 2 heterocycles. The molecule has 0 bridgehead atoms. The maximum atomic E-state index is 12.8. The van der Waals surface area contributed by atoms with Crippen LogP contribution in [-0.2, 0) is 12.0 Å². The average molecular weight is 423 g/mol. The first kappa shape index (κ1) is 21.0. The number of hydrogen-bond donors (Lipinski definition) is 1. The SMILES string of the molecule is CC(C)(C)c1cc(Cn2cc(O)n(-c3ccc(SC(F)(F)F)cc3)c2=O)ccn1. The van der Waals surface area contributed by atoms with E-state index in [-0.39, 0.29) is 40.2 Å². The van der Waals surface area contributed by atoms with Gasteiger partial charge in [-0.1, -0.05) is 20.8 Å². The van der Waals surface area contributed by atoms with Crippen molar-refractivity contribution in [1.82, 2.24) is 14.1 Å². The lowest BCUT2D eigenvalue weighted by Crippen LogP contribution is -2.23. The number of alkyl halides is 3. The predicted octanol–water partition coefficient (Wildman–Crippen LogP) is 4.70. The lowest BCUT2D eigenvalue weighted by Gasteiger charge is -2.18. The normalized spacial score (nSPS) is 12.3. The van der Waals surface area contributed by atoms with E-state index in [0.717, 1.165) is 15.8 Å². The molecule has 0 spiro atoms. The zero-order valence-corrected chi connectivity index (χ0v) is 16.9. The molecule has 0 saturated carbocycles. The lowest BCUT2D eigenvalue weighted by molar-refractivity contribution is -0.0328. The third kappa shape index (κ3) is 5.03. The number of hydrogen-bond acceptors (Lipinski definition) is 4. The van der Waals surface area contributed by atoms with Gasteiger partial charge in [-0.3, -0.25) is 9.55 Å². The van der Waals surface area contributed by atoms with Crippen molar-refractivity contribution in [3.8, 4) is 11.6 Å². The molecule has 154 valence electrons. The van der Waals surface area contributed by atoms with Crippen LogP contribution in [-0.4, -0.2) is 24.7 Å². The summed E-state index contributed by atoms with van der Waals surface area (Å²) in [5, 5.41) is 10.2. The number of aromatic nitrogens is 3. The second-order valence-corrected chi connectivity index (χ2v) is 8.71. The summed E-state index contributed by atoms with van der Waals surface area (Å²) in [6, 6.07) is 8.95. The minimum absolute atomic E-state index is 0.000262. The summed E-state index contributed by atoms with van der Waals surface area (Å²) in [5.74, 6) is -0.295. The van der Waals surface area contributed by atoms with Gasteiger partial charge in [0.05, 0.1) is 18.4 Å². The minimum Gasteiger partial charge on any atom is -0.493 e. The number of rotatable bonds is 4. The van der Waals surface area contributed by atoms with Crippen LogP contribution in [0.5, 0.6) is 5.88 Å². The fourth-order valence-corrected chi connectivity index (χ4v) is 3.35. The first-order chi connectivity index (χ1) is 13.4. The Kier molecular flexibility index (Phi) is 5.53. The van der Waals surface area contributed by atoms with Crippen molar-refractivity contribution in [2.45, 2.75) is 43.1 Å². The molecule has 3 rings (SSSR count). The smallest absolute Gasteiger partial charge is 0.446 e. The molecule has 5 nitrogen and oxygen atoms in total. The molecule has 0 aliphatic heterocycles. The Morgan fingerprint density at radius 2 is 1.76 bits per heavy atom. The summed E-state index contributed by atoms with van der Waals surface area (Å²) >= 11 is -0.238. The molecular weight excluding hydrogens is 403 g/mol. The zero-order valence-electron chi connectivity index (χ0n) is 16.1. The van der Waals surface area contributed by atoms with Crippen LogP contribution >= 0.6 is 11.8 Å². The van der Waals surface area contributed by atoms with Crippen LogP contribution < -0.4 is 5.69 Å². The number of pyridine rings is 1. The number of benzene rings is 1. The van der Waals surface area contributed by atoms with Crippen LogP contribution in [0.15, 0.2) is 58.5 Å². The Morgan fingerprint density at radius 1 is 1.10 bits per heavy atom. The summed E-state index contributed by atoms with van der Waals surface area (Å²) < 4.78 is 39.8. The van der Waals surface area contributed by atoms with Gasteiger partial charge in [-0.05, 0) is 53.7 Å². The van der Waals surface area contributed by atoms with Crippen molar-refractivity contribution in [2.24, 2.45) is 0 Å². The fourth-order valence-electron chi connectivity index (χ4n) is 2.81. The molecule has 9 heteroatoms. The van der Waals surface area contributed by atoms with Crippen molar-refractivity contribution >= 4 is 11.8 Å². The van der Waals surface area contributed by atoms with Gasteiger partial charge in [0.1, 0.15) is 0 Å². The van der Waals surface area contributed by atoms with Crippen LogP contribution in [0.25, 0.3) is 5.69 Å². The summed E-state index contributed by atoms with van der Waals surface area (Å²) in [6.45, 7) is 6.34. The Hall–Kier alpha value is -2.68. The predicted molar refractivity (Wildman–Crippen MR) is 106 cm³/mol. The first-order valence-corrected chi connectivity index (χ1v) is 9.58. The van der Waals surface area contributed by atoms with Crippen LogP contribution in [0, 0.1) is 0 Å². The second-order valence-electron chi connectivity index (χ2n) is 7.57. The number of nitrogens with zero attached hydrogens (tertiary/aromatic N) is 3. The van der Waals surface area contributed by atoms with E-state index in [1.54, 1.807) is 12.3 Å². The van der Waals surface area contributed by atoms with E-state index < -0.39 is 11.2 Å². The number of aromatic hydroxyl groups is 1. The van der Waals surface area contributed by atoms with Gasteiger partial charge in [0.25, 0.3) is 0 Å². The number of halogens is 3. The highest BCUT2D eigenvalue weighted by Gasteiger charge is 2.29. The Labute approximate surface area is 169 Å². The molecule has 3 aromatic rings. The molecule has 0 unspecified atom stereocenters. The van der Waals surface area contributed by atoms with Gasteiger partial charge < -0.3 is 5.11 Å². The van der Waals surface area contributed by atoms with Crippen molar-refractivity contribution in [3.63, 3.8) is 0 Å². The molecule has 0 aliphatic carbocycles. The fraction of sp³-hybridized carbons (Fsp3) is 0.300. The van der Waals surface area contributed by atoms with Crippen molar-refractivity contribution in [2.75, 3.05) is 0 Å². The van der Waals surface area contributed by atoms with Gasteiger partial charge in [0.2, 0.25) is 5.88 Å². The lowest BCUT2D eigenvalue weighted by atomic mass is 9.91. The van der Waals surface area contributed by atoms with Gasteiger partial charge in [0.15, 0.2) is 0 Å². The van der Waals surface area contributed by atoms with E-state index in [1.165, 1.54) is 35.0 Å². The van der Waals surface area contributed by atoms with Crippen LogP contribution in [0.1, 0.15) is 32.0 Å². The van der Waals surface area contributed by atoms with Gasteiger partial charge in [-0.25, -0.2) is 9.36 Å². The average Bonchev–Trinajstić information content (AvgIpc) is 2.88. The Bertz CT molecular complexity index is 1060. The highest BCUT2D eigenvalue weighted by molar-refractivity contribution is 8.00. The van der Waals surface area contributed by atoms with E-state index in [9.17, 15) is 23.1 Å². The molecular formula is C20H20F3N3O2S. The third-order valence-corrected chi connectivity index (χ3v) is 4.95. The van der Waals surface area contributed by atoms with Crippen LogP contribution in [0.4, 0.5) is 13.2 Å². The Morgan fingerprint density at radius 3 is 2.34 bits per heavy atom. The standard InChI is InChI=1S/C20H20F3N3O2S/c1-19(2,3)16-10-13(8-9-24-16)11-25-12-17(27)26(18(25)28)14-4-6-15(7-5-14)29-20(21,22)23/h4-10,12,27H,11H2,1-3H3. The molecule has 0 amide bonds. The molecule has 1 N–H and O–H groups in total. The van der Waals surface area contributed by atoms with E-state index in [1.807, 2.05) is 26.8 Å². The maximum absolute atomic E-state index is 12.8. The molecule has 0 aliphatic rings. The van der Waals surface area contributed by atoms with Crippen molar-refractivity contribution < 1.29 is 18.3 Å². The first-order valence-electron chi connectivity index (χ1n) is 8.77. The molecule has 0 saturated heterocycles. The molecule has 0 atom stereocenters. The van der Waals surface area contributed by atoms with E-state index >= 15 is 0 Å². The maximum Gasteiger partial charge on any atom is 0.446 e. The molecule has 1 aromatic carbocycles. The number of imidazole rings is 1. The highest BCUT2D eigenvalue weighted by atomic mass is 32.2. The van der Waals surface area contributed by atoms with Gasteiger partial charge in [-0.2, -0.15) is 13.2 Å². The zero-order chi connectivity index (χ0) is 21.4. The van der Waals surface area contributed by atoms with Gasteiger partial charge >= 0.3 is 11.2 Å². The molecule has 29 heavy (non-hydrogen) atoms. The molecule has 0 radical (unpaired) electrons. The Balaban J connectivity index is 1.89. The minimum atomic E-state index is -4.39. The highest BCUT2D eigenvalue weighted by Crippen LogP contribution is 2.37. The third-order valence-electron chi connectivity index (χ3n) is 4.21. The second kappa shape index (κ2) is 7.62. The molecule has 0 fully saturated rings. The van der Waals surface area contributed by atoms with Crippen LogP contribution in [0.3, 0.4) is 0 Å². The molecule has 2 aromatic heterocycles. The monoisotopic (exact) mass is 423 g/mol. The van der Waals surface area contributed by atoms with E-state index in [0.29, 0.717) is 0 Å². The van der Waals surface area contributed by atoms with Crippen molar-refractivity contribution in [3.05, 3.63) is 70.5 Å². The van der Waals surface area contributed by atoms with Gasteiger partial charge in [-0.15, -0.1) is 0 Å². The quantitative estimate of drug-likeness (QED) is 0.618. The van der Waals surface area contributed by atoms with E-state index in [4.69, 9.17) is 0 Å². The summed E-state index contributed by atoms with van der Waals surface area (Å²) in [6.07, 6.45) is 2.98. The number of thioether (sulfide) groups is 1.